The zero-order valence-corrected chi connectivity index (χ0v) is 42.9. The third kappa shape index (κ3) is 23.0. The van der Waals surface area contributed by atoms with Gasteiger partial charge < -0.3 is 51.2 Å². The average Bonchev–Trinajstić information content (AvgIpc) is 3.66. The fraction of sp³-hybridized carbons (Fsp3) is 0.500. The van der Waals surface area contributed by atoms with Gasteiger partial charge in [-0.15, -0.1) is 11.8 Å². The number of carbonyl (C=O) groups excluding carboxylic acids is 4. The number of thioether (sulfide) groups is 2. The van der Waals surface area contributed by atoms with Crippen LogP contribution in [0.5, 0.6) is 0 Å². The lowest BCUT2D eigenvalue weighted by Gasteiger charge is -2.41. The highest BCUT2D eigenvalue weighted by molar-refractivity contribution is 8.00. The number of amides is 4. The van der Waals surface area contributed by atoms with Crippen molar-refractivity contribution in [2.75, 3.05) is 49.3 Å². The molecule has 0 bridgehead atoms. The number of aliphatic carboxylic acids is 3. The molecule has 2 aromatic carbocycles. The van der Waals surface area contributed by atoms with E-state index in [2.05, 4.69) is 35.6 Å². The molecule has 17 nitrogen and oxygen atoms in total. The Kier molecular flexibility index (Phi) is 25.1. The Bertz CT molecular complexity index is 2260. The molecular formula is C46H63F5N6O11S2Si. The zero-order chi connectivity index (χ0) is 53.7. The highest BCUT2D eigenvalue weighted by Crippen LogP contribution is 2.41. The Morgan fingerprint density at radius 2 is 1.49 bits per heavy atom. The fourth-order valence-corrected chi connectivity index (χ4v) is 8.89. The first-order chi connectivity index (χ1) is 33.0. The van der Waals surface area contributed by atoms with E-state index >= 15 is 4.39 Å². The van der Waals surface area contributed by atoms with Gasteiger partial charge in [-0.2, -0.15) is 24.9 Å². The number of carboxylic acid groups (broad SMARTS) is 3. The molecule has 0 fully saturated rings. The molecule has 0 aliphatic rings. The number of hydrogen-bond donors (Lipinski definition) is 7. The van der Waals surface area contributed by atoms with E-state index < -0.39 is 91.8 Å². The SMILES string of the molecule is CC(C)(C)C(c1cc(-c2cc(F)ccc2F)cn1Cc1ccccc1)N(CCCN)C(=O)CSCCC(=O)NC(CNC(=O)CSCC(NC(=O)OCC[Si](C)(C)C)C(=O)O)C(=O)O.O=C(O)C(F)(F)F. The molecule has 0 spiro atoms. The number of carboxylic acids is 3. The number of ether oxygens (including phenoxy) is 1. The summed E-state index contributed by atoms with van der Waals surface area (Å²) in [7, 11) is -1.47. The standard InChI is InChI=1S/C44H62F2N6O9S2Si.C2HF3O2/c1-44(2,3)40(36-21-30(32-22-31(45)13-14-33(32)46)25-51(36)24-29-11-8-7-9-12-29)52(17-10-16-47)39(55)28-62-19-15-37(53)49-34(41(56)57)23-48-38(54)27-63-26-35(42(58)59)50-43(60)61-18-20-64(4,5)6;3-2(4,5)1(6)7/h7-9,11-14,21-22,25,34-35,40H,10,15-20,23-24,26-28,47H2,1-6H3,(H,48,54)(H,49,53)(H,50,60)(H,56,57)(H,58,59);(H,6,7). The smallest absolute Gasteiger partial charge is 0.480 e. The van der Waals surface area contributed by atoms with Gasteiger partial charge >= 0.3 is 30.2 Å². The molecule has 0 saturated heterocycles. The number of carbonyl (C=O) groups is 7. The van der Waals surface area contributed by atoms with Gasteiger partial charge in [0.2, 0.25) is 17.7 Å². The zero-order valence-electron chi connectivity index (χ0n) is 40.3. The van der Waals surface area contributed by atoms with Crippen molar-refractivity contribution < 1.29 is 75.6 Å². The number of rotatable bonds is 26. The van der Waals surface area contributed by atoms with Crippen LogP contribution in [0.1, 0.15) is 50.9 Å². The first-order valence-corrected chi connectivity index (χ1v) is 28.1. The number of alkyl halides is 3. The summed E-state index contributed by atoms with van der Waals surface area (Å²) in [5, 5.41) is 33.4. The number of aromatic nitrogens is 1. The summed E-state index contributed by atoms with van der Waals surface area (Å²) in [5.41, 5.74) is 7.58. The van der Waals surface area contributed by atoms with Crippen LogP contribution in [-0.2, 0) is 40.0 Å². The Labute approximate surface area is 418 Å². The Morgan fingerprint density at radius 3 is 2.06 bits per heavy atom. The summed E-state index contributed by atoms with van der Waals surface area (Å²) >= 11 is 2.10. The van der Waals surface area contributed by atoms with Crippen LogP contribution in [0.3, 0.4) is 0 Å². The lowest BCUT2D eigenvalue weighted by molar-refractivity contribution is -0.192. The molecule has 1 aromatic heterocycles. The molecule has 8 N–H and O–H groups in total. The number of nitrogens with zero attached hydrogens (tertiary/aromatic N) is 2. The molecular weight excluding hydrogens is 1000 g/mol. The predicted octanol–water partition coefficient (Wildman–Crippen LogP) is 6.44. The number of nitrogens with one attached hydrogen (secondary N) is 3. The molecule has 3 aromatic rings. The molecule has 0 radical (unpaired) electrons. The molecule has 0 saturated carbocycles. The number of halogens is 5. The van der Waals surface area contributed by atoms with Gasteiger partial charge in [0, 0.05) is 68.7 Å². The van der Waals surface area contributed by atoms with E-state index in [1.807, 2.05) is 55.7 Å². The molecule has 71 heavy (non-hydrogen) atoms. The summed E-state index contributed by atoms with van der Waals surface area (Å²) in [6.45, 7) is 13.0. The number of alkyl carbamates (subject to hydrolysis) is 1. The minimum atomic E-state index is -5.08. The van der Waals surface area contributed by atoms with E-state index in [1.165, 1.54) is 11.8 Å². The van der Waals surface area contributed by atoms with Gasteiger partial charge in [0.05, 0.1) is 24.2 Å². The van der Waals surface area contributed by atoms with Crippen LogP contribution in [0.15, 0.2) is 60.8 Å². The van der Waals surface area contributed by atoms with Crippen LogP contribution < -0.4 is 21.7 Å². The number of benzene rings is 2. The van der Waals surface area contributed by atoms with E-state index in [0.29, 0.717) is 43.4 Å². The Hall–Kier alpha value is -5.66. The van der Waals surface area contributed by atoms with E-state index in [0.717, 1.165) is 35.5 Å². The number of hydrogen-bond acceptors (Lipinski definition) is 11. The van der Waals surface area contributed by atoms with Crippen molar-refractivity contribution in [1.82, 2.24) is 25.4 Å². The second-order valence-corrected chi connectivity index (χ2v) is 26.0. The fourth-order valence-electron chi connectivity index (χ4n) is 6.49. The Morgan fingerprint density at radius 1 is 0.859 bits per heavy atom. The van der Waals surface area contributed by atoms with Crippen LogP contribution in [0, 0.1) is 17.0 Å². The van der Waals surface area contributed by atoms with Gasteiger partial charge in [0.15, 0.2) is 0 Å². The van der Waals surface area contributed by atoms with Crippen molar-refractivity contribution in [3.05, 3.63) is 83.7 Å². The van der Waals surface area contributed by atoms with Gasteiger partial charge in [-0.3, -0.25) is 14.4 Å². The monoisotopic (exact) mass is 1060 g/mol. The molecule has 1 heterocycles. The van der Waals surface area contributed by atoms with Crippen molar-refractivity contribution >= 4 is 73.3 Å². The second kappa shape index (κ2) is 29.0. The minimum absolute atomic E-state index is 0.0245. The minimum Gasteiger partial charge on any atom is -0.480 e. The van der Waals surface area contributed by atoms with Gasteiger partial charge in [0.1, 0.15) is 23.7 Å². The molecule has 25 heteroatoms. The molecule has 3 atom stereocenters. The van der Waals surface area contributed by atoms with Crippen molar-refractivity contribution in [2.24, 2.45) is 11.1 Å². The van der Waals surface area contributed by atoms with E-state index in [-0.39, 0.29) is 47.5 Å². The summed E-state index contributed by atoms with van der Waals surface area (Å²) < 4.78 is 68.3. The maximum Gasteiger partial charge on any atom is 0.490 e. The van der Waals surface area contributed by atoms with Gasteiger partial charge in [-0.05, 0) is 54.3 Å². The summed E-state index contributed by atoms with van der Waals surface area (Å²) in [6.07, 6.45) is -3.85. The normalized spacial score (nSPS) is 12.8. The molecule has 3 rings (SSSR count). The highest BCUT2D eigenvalue weighted by Gasteiger charge is 2.39. The molecule has 0 aliphatic heterocycles. The highest BCUT2D eigenvalue weighted by atomic mass is 32.2. The van der Waals surface area contributed by atoms with E-state index in [1.54, 1.807) is 17.2 Å². The third-order valence-corrected chi connectivity index (χ3v) is 13.7. The van der Waals surface area contributed by atoms with E-state index in [9.17, 15) is 56.5 Å². The van der Waals surface area contributed by atoms with Gasteiger partial charge in [-0.1, -0.05) is 70.7 Å². The molecule has 394 valence electrons. The van der Waals surface area contributed by atoms with Crippen LogP contribution in [0.4, 0.5) is 26.7 Å². The van der Waals surface area contributed by atoms with Crippen molar-refractivity contribution in [3.8, 4) is 11.1 Å². The van der Waals surface area contributed by atoms with Crippen LogP contribution in [0.2, 0.25) is 25.7 Å². The third-order valence-electron chi connectivity index (χ3n) is 9.97. The van der Waals surface area contributed by atoms with E-state index in [4.69, 9.17) is 20.4 Å². The van der Waals surface area contributed by atoms with Crippen LogP contribution >= 0.6 is 23.5 Å². The summed E-state index contributed by atoms with van der Waals surface area (Å²) in [6, 6.07) is 12.1. The van der Waals surface area contributed by atoms with Crippen molar-refractivity contribution in [1.29, 1.82) is 0 Å². The van der Waals surface area contributed by atoms with Gasteiger partial charge in [-0.25, -0.2) is 28.0 Å². The lowest BCUT2D eigenvalue weighted by Crippen LogP contribution is -2.49. The largest absolute Gasteiger partial charge is 0.490 e. The lowest BCUT2D eigenvalue weighted by atomic mass is 9.83. The number of nitrogens with two attached hydrogens (primary N) is 1. The van der Waals surface area contributed by atoms with Crippen molar-refractivity contribution in [3.63, 3.8) is 0 Å². The Balaban J connectivity index is 0.00000229. The summed E-state index contributed by atoms with van der Waals surface area (Å²) in [5.74, 6) is -8.38. The van der Waals surface area contributed by atoms with Crippen LogP contribution in [-0.4, -0.2) is 142 Å². The quantitative estimate of drug-likeness (QED) is 0.0260. The molecule has 0 aliphatic carbocycles. The second-order valence-electron chi connectivity index (χ2n) is 18.3. The van der Waals surface area contributed by atoms with Crippen LogP contribution in [0.25, 0.3) is 11.1 Å². The first kappa shape index (κ1) is 61.5. The van der Waals surface area contributed by atoms with Gasteiger partial charge in [0.25, 0.3) is 0 Å². The van der Waals surface area contributed by atoms with Crippen molar-refractivity contribution in [2.45, 2.75) is 90.1 Å². The maximum atomic E-state index is 15.1. The predicted molar refractivity (Wildman–Crippen MR) is 263 cm³/mol. The maximum absolute atomic E-state index is 15.1. The molecule has 4 amide bonds. The average molecular weight is 1060 g/mol. The topological polar surface area (TPSA) is 260 Å². The summed E-state index contributed by atoms with van der Waals surface area (Å²) in [4.78, 5) is 85.8. The first-order valence-electron chi connectivity index (χ1n) is 22.1. The molecule has 3 unspecified atom stereocenters.